The van der Waals surface area contributed by atoms with Crippen molar-refractivity contribution in [1.29, 1.82) is 0 Å². The molecule has 1 spiro atoms. The highest BCUT2D eigenvalue weighted by molar-refractivity contribution is 5.72. The molecule has 0 radical (unpaired) electrons. The lowest BCUT2D eigenvalue weighted by Crippen LogP contribution is -2.41. The number of ether oxygens (including phenoxy) is 2. The second kappa shape index (κ2) is 11.4. The lowest BCUT2D eigenvalue weighted by molar-refractivity contribution is 0.113. The third kappa shape index (κ3) is 5.11. The third-order valence-corrected chi connectivity index (χ3v) is 10.4. The Bertz CT molecular complexity index is 1510. The van der Waals surface area contributed by atoms with Crippen LogP contribution in [0.1, 0.15) is 60.0 Å². The smallest absolute Gasteiger partial charge is 0.253 e. The van der Waals surface area contributed by atoms with Gasteiger partial charge in [0.25, 0.3) is 5.56 Å². The van der Waals surface area contributed by atoms with Gasteiger partial charge in [0.2, 0.25) is 0 Å². The quantitative estimate of drug-likeness (QED) is 0.429. The van der Waals surface area contributed by atoms with Crippen molar-refractivity contribution in [1.82, 2.24) is 14.8 Å². The lowest BCUT2D eigenvalue weighted by Gasteiger charge is -2.40. The van der Waals surface area contributed by atoms with E-state index in [9.17, 15) is 4.79 Å². The van der Waals surface area contributed by atoms with Crippen LogP contribution >= 0.6 is 0 Å². The number of rotatable bonds is 6. The molecule has 1 atom stereocenters. The van der Waals surface area contributed by atoms with Gasteiger partial charge in [0.1, 0.15) is 11.5 Å². The third-order valence-electron chi connectivity index (χ3n) is 10.4. The number of likely N-dealkylation sites (tertiary alicyclic amines) is 1. The molecule has 0 amide bonds. The van der Waals surface area contributed by atoms with Crippen molar-refractivity contribution in [3.05, 3.63) is 74.7 Å². The molecule has 7 nitrogen and oxygen atoms in total. The van der Waals surface area contributed by atoms with Crippen LogP contribution < -0.4 is 25.2 Å². The van der Waals surface area contributed by atoms with Crippen molar-refractivity contribution in [2.75, 3.05) is 51.8 Å². The average molecular weight is 571 g/mol. The first kappa shape index (κ1) is 28.8. The molecule has 0 saturated carbocycles. The highest BCUT2D eigenvalue weighted by atomic mass is 16.5. The minimum Gasteiger partial charge on any atom is -0.496 e. The largest absolute Gasteiger partial charge is 0.496 e. The molecule has 3 aromatic rings. The summed E-state index contributed by atoms with van der Waals surface area (Å²) in [6, 6.07) is 11.5. The van der Waals surface area contributed by atoms with Crippen molar-refractivity contribution in [2.45, 2.75) is 59.0 Å². The number of benzene rings is 2. The summed E-state index contributed by atoms with van der Waals surface area (Å²) in [6.45, 7) is 12.5. The van der Waals surface area contributed by atoms with Crippen molar-refractivity contribution in [3.8, 4) is 22.6 Å². The molecule has 4 heterocycles. The molecule has 2 aromatic carbocycles. The summed E-state index contributed by atoms with van der Waals surface area (Å²) in [6.07, 6.45) is 6.75. The first-order valence-electron chi connectivity index (χ1n) is 15.5. The molecule has 3 aliphatic rings. The van der Waals surface area contributed by atoms with E-state index < -0.39 is 0 Å². The first-order valence-corrected chi connectivity index (χ1v) is 15.5. The summed E-state index contributed by atoms with van der Waals surface area (Å²) in [7, 11) is 5.27. The highest BCUT2D eigenvalue weighted by Gasteiger charge is 2.41. The molecule has 3 aliphatic heterocycles. The zero-order chi connectivity index (χ0) is 29.6. The van der Waals surface area contributed by atoms with Crippen LogP contribution in [0.5, 0.6) is 11.5 Å². The number of nitrogens with one attached hydrogen (secondary N) is 1. The van der Waals surface area contributed by atoms with Gasteiger partial charge in [0.05, 0.1) is 19.8 Å². The Balaban J connectivity index is 1.17. The van der Waals surface area contributed by atoms with Crippen LogP contribution in [0.15, 0.2) is 41.3 Å². The van der Waals surface area contributed by atoms with Crippen LogP contribution in [0.25, 0.3) is 11.1 Å². The molecular weight excluding hydrogens is 524 g/mol. The monoisotopic (exact) mass is 570 g/mol. The highest BCUT2D eigenvalue weighted by Crippen LogP contribution is 2.45. The Labute approximate surface area is 250 Å². The van der Waals surface area contributed by atoms with E-state index in [1.807, 2.05) is 20.0 Å². The topological polar surface area (TPSA) is 59.0 Å². The fourth-order valence-electron chi connectivity index (χ4n) is 7.61. The normalized spacial score (nSPS) is 20.1. The van der Waals surface area contributed by atoms with Crippen molar-refractivity contribution in [2.24, 2.45) is 12.5 Å². The molecule has 1 unspecified atom stereocenters. The maximum atomic E-state index is 12.5. The SMILES string of the molecule is COc1cc(-c2cn(C)c(=O)c(C)c2C)cc(OC)c1CN1CCC2(CC1)CCN(c1cccc3c1CCNC3C)C2. The standard InChI is InChI=1S/C35H46N4O3/c1-23-24(2)34(40)37(4)20-29(23)26-18-32(41-5)30(33(19-26)42-6)21-38-15-11-35(12-16-38)13-17-39(22-35)31-9-7-8-27-25(3)36-14-10-28(27)31/h7-9,18-20,25,36H,10-17,21-22H2,1-6H3. The van der Waals surface area contributed by atoms with Gasteiger partial charge in [-0.25, -0.2) is 0 Å². The van der Waals surface area contributed by atoms with Crippen molar-refractivity contribution < 1.29 is 9.47 Å². The van der Waals surface area contributed by atoms with E-state index in [0.29, 0.717) is 11.5 Å². The maximum absolute atomic E-state index is 12.5. The van der Waals surface area contributed by atoms with Crippen LogP contribution in [-0.4, -0.2) is 56.4 Å². The van der Waals surface area contributed by atoms with Crippen LogP contribution in [-0.2, 0) is 20.0 Å². The van der Waals surface area contributed by atoms with Gasteiger partial charge in [0.15, 0.2) is 0 Å². The van der Waals surface area contributed by atoms with Crippen LogP contribution in [0.4, 0.5) is 5.69 Å². The number of fused-ring (bicyclic) bond motifs is 1. The van der Waals surface area contributed by atoms with Crippen molar-refractivity contribution in [3.63, 3.8) is 0 Å². The minimum absolute atomic E-state index is 0.0371. The zero-order valence-electron chi connectivity index (χ0n) is 26.2. The number of aryl methyl sites for hydroxylation is 1. The van der Waals surface area contributed by atoms with E-state index in [1.54, 1.807) is 31.4 Å². The number of aromatic nitrogens is 1. The van der Waals surface area contributed by atoms with Gasteiger partial charge in [-0.05, 0) is 112 Å². The number of hydrogen-bond donors (Lipinski definition) is 1. The van der Waals surface area contributed by atoms with Gasteiger partial charge in [-0.15, -0.1) is 0 Å². The average Bonchev–Trinajstić information content (AvgIpc) is 3.42. The van der Waals surface area contributed by atoms with Crippen LogP contribution in [0.2, 0.25) is 0 Å². The molecule has 0 bridgehead atoms. The van der Waals surface area contributed by atoms with Gasteiger partial charge >= 0.3 is 0 Å². The number of pyridine rings is 1. The number of hydrogen-bond acceptors (Lipinski definition) is 6. The van der Waals surface area contributed by atoms with E-state index in [2.05, 4.69) is 52.4 Å². The molecular formula is C35H46N4O3. The van der Waals surface area contributed by atoms with E-state index in [1.165, 1.54) is 37.1 Å². The van der Waals surface area contributed by atoms with E-state index in [-0.39, 0.29) is 5.56 Å². The Morgan fingerprint density at radius 3 is 2.38 bits per heavy atom. The molecule has 2 fully saturated rings. The van der Waals surface area contributed by atoms with Crippen molar-refractivity contribution >= 4 is 5.69 Å². The van der Waals surface area contributed by atoms with E-state index in [4.69, 9.17) is 9.47 Å². The maximum Gasteiger partial charge on any atom is 0.253 e. The van der Waals surface area contributed by atoms with E-state index >= 15 is 0 Å². The Kier molecular flexibility index (Phi) is 7.83. The van der Waals surface area contributed by atoms with Gasteiger partial charge in [0, 0.05) is 55.7 Å². The number of nitrogens with zero attached hydrogens (tertiary/aromatic N) is 3. The number of piperidine rings is 1. The zero-order valence-corrected chi connectivity index (χ0v) is 26.2. The van der Waals surface area contributed by atoms with E-state index in [0.717, 1.165) is 78.5 Å². The molecule has 7 heteroatoms. The first-order chi connectivity index (χ1) is 20.2. The fraction of sp³-hybridized carbons (Fsp3) is 0.514. The summed E-state index contributed by atoms with van der Waals surface area (Å²) < 4.78 is 13.5. The molecule has 1 aromatic heterocycles. The number of anilines is 1. The predicted octanol–water partition coefficient (Wildman–Crippen LogP) is 5.39. The molecule has 2 saturated heterocycles. The molecule has 6 rings (SSSR count). The summed E-state index contributed by atoms with van der Waals surface area (Å²) in [5.41, 5.74) is 9.81. The predicted molar refractivity (Wildman–Crippen MR) is 170 cm³/mol. The second-order valence-corrected chi connectivity index (χ2v) is 12.8. The molecule has 224 valence electrons. The van der Waals surface area contributed by atoms with Gasteiger partial charge in [-0.3, -0.25) is 9.69 Å². The molecule has 1 N–H and O–H groups in total. The van der Waals surface area contributed by atoms with Gasteiger partial charge in [-0.1, -0.05) is 12.1 Å². The minimum atomic E-state index is 0.0371. The second-order valence-electron chi connectivity index (χ2n) is 12.8. The molecule has 42 heavy (non-hydrogen) atoms. The number of methoxy groups -OCH3 is 2. The fourth-order valence-corrected chi connectivity index (χ4v) is 7.61. The van der Waals surface area contributed by atoms with Crippen LogP contribution in [0.3, 0.4) is 0 Å². The summed E-state index contributed by atoms with van der Waals surface area (Å²) >= 11 is 0. The summed E-state index contributed by atoms with van der Waals surface area (Å²) in [4.78, 5) is 17.7. The Morgan fingerprint density at radius 2 is 1.69 bits per heavy atom. The Morgan fingerprint density at radius 1 is 1.00 bits per heavy atom. The van der Waals surface area contributed by atoms with Gasteiger partial charge in [-0.2, -0.15) is 0 Å². The lowest BCUT2D eigenvalue weighted by atomic mass is 9.77. The summed E-state index contributed by atoms with van der Waals surface area (Å²) in [5.74, 6) is 1.67. The summed E-state index contributed by atoms with van der Waals surface area (Å²) in [5, 5.41) is 3.62. The van der Waals surface area contributed by atoms with Gasteiger partial charge < -0.3 is 24.3 Å². The molecule has 0 aliphatic carbocycles. The van der Waals surface area contributed by atoms with Crippen LogP contribution in [0, 0.1) is 19.3 Å². The Hall–Kier alpha value is -3.29.